The zero-order chi connectivity index (χ0) is 36.0. The lowest BCUT2D eigenvalue weighted by Gasteiger charge is -2.11. The SMILES string of the molecule is c1ccc(-c2ccc(-c3nc(-c4cc5c6ccc(-c7cccc8c7oc7ccccc78)cc6oc5c5ccccc45)nc4c3sc3ccccc34)cc2)cc1. The fraction of sp³-hybridized carbons (Fsp3) is 0. The number of fused-ring (bicyclic) bond motifs is 11. The quantitative estimate of drug-likeness (QED) is 0.182. The number of nitrogens with zero attached hydrogens (tertiary/aromatic N) is 2. The summed E-state index contributed by atoms with van der Waals surface area (Å²) < 4.78 is 15.5. The van der Waals surface area contributed by atoms with E-state index in [1.807, 2.05) is 18.2 Å². The molecule has 0 N–H and O–H groups in total. The summed E-state index contributed by atoms with van der Waals surface area (Å²) in [6.07, 6.45) is 0. The summed E-state index contributed by atoms with van der Waals surface area (Å²) in [7, 11) is 0. The van der Waals surface area contributed by atoms with Crippen molar-refractivity contribution in [2.75, 3.05) is 0 Å². The van der Waals surface area contributed by atoms with Gasteiger partial charge in [0, 0.05) is 53.7 Å². The Morgan fingerprint density at radius 3 is 1.89 bits per heavy atom. The van der Waals surface area contributed by atoms with E-state index in [4.69, 9.17) is 18.8 Å². The van der Waals surface area contributed by atoms with Crippen molar-refractivity contribution in [1.29, 1.82) is 0 Å². The molecule has 0 aliphatic carbocycles. The summed E-state index contributed by atoms with van der Waals surface area (Å²) in [6, 6.07) is 59.5. The zero-order valence-electron chi connectivity index (χ0n) is 29.3. The Labute approximate surface area is 318 Å². The summed E-state index contributed by atoms with van der Waals surface area (Å²) in [5.41, 5.74) is 11.8. The van der Waals surface area contributed by atoms with E-state index in [1.165, 1.54) is 15.8 Å². The number of benzene rings is 8. The summed E-state index contributed by atoms with van der Waals surface area (Å²) >= 11 is 1.75. The number of thiophene rings is 1. The molecule has 0 radical (unpaired) electrons. The van der Waals surface area contributed by atoms with Crippen LogP contribution in [0.1, 0.15) is 0 Å². The highest BCUT2D eigenvalue weighted by Gasteiger charge is 2.21. The molecule has 0 saturated heterocycles. The molecule has 12 aromatic rings. The molecule has 0 fully saturated rings. The van der Waals surface area contributed by atoms with E-state index < -0.39 is 0 Å². The third kappa shape index (κ3) is 4.64. The zero-order valence-corrected chi connectivity index (χ0v) is 30.1. The molecule has 0 amide bonds. The molecule has 0 spiro atoms. The molecule has 0 aliphatic heterocycles. The Morgan fingerprint density at radius 2 is 1.02 bits per heavy atom. The number of furan rings is 2. The van der Waals surface area contributed by atoms with Crippen molar-refractivity contribution in [3.8, 4) is 44.9 Å². The van der Waals surface area contributed by atoms with Gasteiger partial charge in [0.25, 0.3) is 0 Å². The van der Waals surface area contributed by atoms with E-state index in [0.717, 1.165) is 98.2 Å². The maximum atomic E-state index is 6.78. The van der Waals surface area contributed by atoms with E-state index >= 15 is 0 Å². The van der Waals surface area contributed by atoms with Crippen LogP contribution in [0.4, 0.5) is 0 Å². The number of hydrogen-bond donors (Lipinski definition) is 0. The minimum absolute atomic E-state index is 0.693. The smallest absolute Gasteiger partial charge is 0.161 e. The summed E-state index contributed by atoms with van der Waals surface area (Å²) in [5, 5.41) is 7.51. The minimum Gasteiger partial charge on any atom is -0.455 e. The summed E-state index contributed by atoms with van der Waals surface area (Å²) in [4.78, 5) is 10.8. The largest absolute Gasteiger partial charge is 0.455 e. The van der Waals surface area contributed by atoms with Crippen LogP contribution in [0.3, 0.4) is 0 Å². The Bertz CT molecular complexity index is 3480. The predicted molar refractivity (Wildman–Crippen MR) is 229 cm³/mol. The second-order valence-corrected chi connectivity index (χ2v) is 15.1. The lowest BCUT2D eigenvalue weighted by Crippen LogP contribution is -1.95. The van der Waals surface area contributed by atoms with Crippen LogP contribution in [-0.4, -0.2) is 9.97 Å². The maximum absolute atomic E-state index is 6.78. The molecule has 55 heavy (non-hydrogen) atoms. The highest BCUT2D eigenvalue weighted by molar-refractivity contribution is 7.26. The second-order valence-electron chi connectivity index (χ2n) is 14.1. The maximum Gasteiger partial charge on any atom is 0.161 e. The Morgan fingerprint density at radius 1 is 0.382 bits per heavy atom. The van der Waals surface area contributed by atoms with Gasteiger partial charge in [0.2, 0.25) is 0 Å². The minimum atomic E-state index is 0.693. The van der Waals surface area contributed by atoms with Crippen LogP contribution in [0.15, 0.2) is 179 Å². The van der Waals surface area contributed by atoms with Crippen molar-refractivity contribution in [3.05, 3.63) is 170 Å². The van der Waals surface area contributed by atoms with Gasteiger partial charge in [-0.05, 0) is 52.4 Å². The van der Waals surface area contributed by atoms with Crippen LogP contribution in [0, 0.1) is 0 Å². The van der Waals surface area contributed by atoms with Crippen molar-refractivity contribution in [3.63, 3.8) is 0 Å². The van der Waals surface area contributed by atoms with Gasteiger partial charge in [-0.15, -0.1) is 11.3 Å². The number of aromatic nitrogens is 2. The first-order chi connectivity index (χ1) is 27.2. The lowest BCUT2D eigenvalue weighted by molar-refractivity contribution is 0.669. The van der Waals surface area contributed by atoms with E-state index in [1.54, 1.807) is 11.3 Å². The van der Waals surface area contributed by atoms with Gasteiger partial charge in [0.05, 0.1) is 15.9 Å². The second kappa shape index (κ2) is 11.7. The van der Waals surface area contributed by atoms with Gasteiger partial charge in [0.1, 0.15) is 22.3 Å². The Kier molecular flexibility index (Phi) is 6.47. The Balaban J connectivity index is 1.07. The van der Waals surface area contributed by atoms with E-state index in [-0.39, 0.29) is 0 Å². The van der Waals surface area contributed by atoms with Gasteiger partial charge >= 0.3 is 0 Å². The molecular formula is C50H28N2O2S. The van der Waals surface area contributed by atoms with Gasteiger partial charge < -0.3 is 8.83 Å². The molecule has 0 aliphatic rings. The van der Waals surface area contributed by atoms with E-state index in [9.17, 15) is 0 Å². The number of para-hydroxylation sites is 2. The van der Waals surface area contributed by atoms with Gasteiger partial charge in [-0.2, -0.15) is 0 Å². The standard InChI is InChI=1S/C50H28N2O2S/c1-2-11-29(12-3-1)30-21-23-31(24-22-30)45-49-46(39-16-7-9-20-44(39)55-49)52-50(51-45)41-28-40-36-26-25-32(27-43(36)54-48(40)37-15-5-4-13-34(37)41)33-17-10-18-38-35-14-6-8-19-42(35)53-47(33)38/h1-28H. The van der Waals surface area contributed by atoms with Gasteiger partial charge in [-0.25, -0.2) is 9.97 Å². The van der Waals surface area contributed by atoms with Gasteiger partial charge in [-0.1, -0.05) is 140 Å². The lowest BCUT2D eigenvalue weighted by atomic mass is 9.98. The van der Waals surface area contributed by atoms with Crippen LogP contribution in [0.2, 0.25) is 0 Å². The van der Waals surface area contributed by atoms with Crippen molar-refractivity contribution in [2.24, 2.45) is 0 Å². The number of rotatable bonds is 4. The highest BCUT2D eigenvalue weighted by atomic mass is 32.1. The molecule has 12 rings (SSSR count). The van der Waals surface area contributed by atoms with Crippen molar-refractivity contribution in [2.45, 2.75) is 0 Å². The molecule has 4 aromatic heterocycles. The third-order valence-corrected chi connectivity index (χ3v) is 12.1. The van der Waals surface area contributed by atoms with Crippen molar-refractivity contribution < 1.29 is 8.83 Å². The molecule has 256 valence electrons. The first kappa shape index (κ1) is 30.4. The van der Waals surface area contributed by atoms with Crippen molar-refractivity contribution >= 4 is 86.3 Å². The normalized spacial score (nSPS) is 12.0. The van der Waals surface area contributed by atoms with E-state index in [0.29, 0.717) is 5.82 Å². The fourth-order valence-corrected chi connectivity index (χ4v) is 9.44. The molecular weight excluding hydrogens is 693 g/mol. The molecule has 0 unspecified atom stereocenters. The molecule has 5 heteroatoms. The monoisotopic (exact) mass is 720 g/mol. The average Bonchev–Trinajstić information content (AvgIpc) is 3.94. The summed E-state index contributed by atoms with van der Waals surface area (Å²) in [5.74, 6) is 0.693. The van der Waals surface area contributed by atoms with Crippen LogP contribution >= 0.6 is 11.3 Å². The van der Waals surface area contributed by atoms with Crippen molar-refractivity contribution in [1.82, 2.24) is 9.97 Å². The summed E-state index contributed by atoms with van der Waals surface area (Å²) in [6.45, 7) is 0. The first-order valence-electron chi connectivity index (χ1n) is 18.4. The van der Waals surface area contributed by atoms with Crippen LogP contribution in [0.5, 0.6) is 0 Å². The fourth-order valence-electron chi connectivity index (χ4n) is 8.28. The van der Waals surface area contributed by atoms with Crippen LogP contribution in [-0.2, 0) is 0 Å². The van der Waals surface area contributed by atoms with Gasteiger partial charge in [0.15, 0.2) is 5.82 Å². The predicted octanol–water partition coefficient (Wildman–Crippen LogP) is 14.5. The third-order valence-electron chi connectivity index (χ3n) is 10.9. The molecule has 0 bridgehead atoms. The topological polar surface area (TPSA) is 52.1 Å². The Hall–Kier alpha value is -7.08. The molecule has 8 aromatic carbocycles. The highest BCUT2D eigenvalue weighted by Crippen LogP contribution is 2.44. The number of hydrogen-bond acceptors (Lipinski definition) is 5. The molecule has 4 heterocycles. The van der Waals surface area contributed by atoms with Crippen LogP contribution in [0.25, 0.3) is 120 Å². The first-order valence-corrected chi connectivity index (χ1v) is 19.2. The van der Waals surface area contributed by atoms with Gasteiger partial charge in [-0.3, -0.25) is 0 Å². The molecule has 0 atom stereocenters. The molecule has 4 nitrogen and oxygen atoms in total. The van der Waals surface area contributed by atoms with E-state index in [2.05, 4.69) is 152 Å². The average molecular weight is 721 g/mol. The molecule has 0 saturated carbocycles. The van der Waals surface area contributed by atoms with Crippen LogP contribution < -0.4 is 0 Å².